The number of phenols is 2. The van der Waals surface area contributed by atoms with Gasteiger partial charge in [0.05, 0.1) is 0 Å². The van der Waals surface area contributed by atoms with Gasteiger partial charge in [0.15, 0.2) is 11.5 Å². The lowest BCUT2D eigenvalue weighted by Gasteiger charge is -2.11. The first-order valence-electron chi connectivity index (χ1n) is 3.93. The van der Waals surface area contributed by atoms with Crippen LogP contribution in [0.1, 0.15) is 24.9 Å². The van der Waals surface area contributed by atoms with Crippen molar-refractivity contribution in [3.63, 3.8) is 0 Å². The van der Waals surface area contributed by atoms with Crippen LogP contribution in [0, 0.1) is 0 Å². The smallest absolute Gasteiger partial charge is 0.162 e. The predicted molar refractivity (Wildman–Crippen MR) is 54.2 cm³/mol. The Morgan fingerprint density at radius 3 is 2.54 bits per heavy atom. The summed E-state index contributed by atoms with van der Waals surface area (Å²) in [5.74, 6) is -0.219. The first-order valence-corrected chi connectivity index (χ1v) is 3.93. The summed E-state index contributed by atoms with van der Waals surface area (Å²) < 4.78 is 0. The fourth-order valence-electron chi connectivity index (χ4n) is 1.07. The van der Waals surface area contributed by atoms with E-state index in [4.69, 9.17) is 10.8 Å². The van der Waals surface area contributed by atoms with Gasteiger partial charge in [-0.2, -0.15) is 0 Å². The minimum atomic E-state index is -0.211. The van der Waals surface area contributed by atoms with Crippen LogP contribution in [0.25, 0.3) is 0 Å². The van der Waals surface area contributed by atoms with Crippen molar-refractivity contribution >= 4 is 12.4 Å². The van der Waals surface area contributed by atoms with Crippen LogP contribution in [0.15, 0.2) is 18.2 Å². The molecule has 0 saturated heterocycles. The Labute approximate surface area is 83.6 Å². The third-order valence-electron chi connectivity index (χ3n) is 1.89. The average molecular weight is 204 g/mol. The Balaban J connectivity index is 0.00000144. The summed E-state index contributed by atoms with van der Waals surface area (Å²) in [6.07, 6.45) is 0.733. The standard InChI is InChI=1S/C9H13NO2.ClH/c1-2-7(10)6-4-3-5-8(11)9(6)12;/h3-5,7,11-12H,2,10H2,1H3;1H/t7-;/m1./s1. The lowest BCUT2D eigenvalue weighted by Crippen LogP contribution is -2.08. The summed E-state index contributed by atoms with van der Waals surface area (Å²) >= 11 is 0. The lowest BCUT2D eigenvalue weighted by atomic mass is 10.0. The minimum absolute atomic E-state index is 0. The van der Waals surface area contributed by atoms with Gasteiger partial charge >= 0.3 is 0 Å². The number of benzene rings is 1. The Morgan fingerprint density at radius 1 is 1.38 bits per heavy atom. The van der Waals surface area contributed by atoms with Crippen molar-refractivity contribution in [3.8, 4) is 11.5 Å². The van der Waals surface area contributed by atoms with Crippen molar-refractivity contribution < 1.29 is 10.2 Å². The number of para-hydroxylation sites is 1. The van der Waals surface area contributed by atoms with Crippen LogP contribution in [0.4, 0.5) is 0 Å². The first kappa shape index (κ1) is 12.1. The van der Waals surface area contributed by atoms with Crippen molar-refractivity contribution in [1.29, 1.82) is 0 Å². The molecule has 3 nitrogen and oxygen atoms in total. The zero-order chi connectivity index (χ0) is 9.14. The maximum absolute atomic E-state index is 9.37. The second-order valence-corrected chi connectivity index (χ2v) is 2.73. The molecule has 1 aromatic rings. The molecule has 0 heterocycles. The zero-order valence-electron chi connectivity index (χ0n) is 7.40. The van der Waals surface area contributed by atoms with Crippen LogP contribution in [-0.2, 0) is 0 Å². The Kier molecular flexibility index (Phi) is 4.59. The van der Waals surface area contributed by atoms with Crippen molar-refractivity contribution in [3.05, 3.63) is 23.8 Å². The molecule has 4 heteroatoms. The van der Waals surface area contributed by atoms with Gasteiger partial charge in [0, 0.05) is 11.6 Å². The molecular formula is C9H14ClNO2. The highest BCUT2D eigenvalue weighted by Crippen LogP contribution is 2.32. The van der Waals surface area contributed by atoms with Crippen LogP contribution >= 0.6 is 12.4 Å². The quantitative estimate of drug-likeness (QED) is 0.644. The second kappa shape index (κ2) is 4.94. The number of phenolic OH excluding ortho intramolecular Hbond substituents is 2. The molecule has 4 N–H and O–H groups in total. The van der Waals surface area contributed by atoms with Crippen LogP contribution in [0.5, 0.6) is 11.5 Å². The average Bonchev–Trinajstić information content (AvgIpc) is 2.08. The maximum Gasteiger partial charge on any atom is 0.162 e. The molecule has 0 bridgehead atoms. The van der Waals surface area contributed by atoms with Gasteiger partial charge in [-0.05, 0) is 12.5 Å². The van der Waals surface area contributed by atoms with E-state index in [-0.39, 0.29) is 29.9 Å². The molecule has 0 aromatic heterocycles. The first-order chi connectivity index (χ1) is 5.66. The molecule has 1 rings (SSSR count). The van der Waals surface area contributed by atoms with Gasteiger partial charge in [0.1, 0.15) is 0 Å². The number of aromatic hydroxyl groups is 2. The topological polar surface area (TPSA) is 66.5 Å². The molecule has 0 unspecified atom stereocenters. The van der Waals surface area contributed by atoms with E-state index in [2.05, 4.69) is 0 Å². The predicted octanol–water partition coefficient (Wildman–Crippen LogP) is 1.93. The molecule has 1 atom stereocenters. The molecule has 0 saturated carbocycles. The third kappa shape index (κ3) is 2.50. The van der Waals surface area contributed by atoms with E-state index in [1.807, 2.05) is 6.92 Å². The van der Waals surface area contributed by atoms with Crippen LogP contribution in [0.2, 0.25) is 0 Å². The van der Waals surface area contributed by atoms with Gasteiger partial charge in [-0.15, -0.1) is 12.4 Å². The monoisotopic (exact) mass is 203 g/mol. The molecule has 13 heavy (non-hydrogen) atoms. The normalized spacial score (nSPS) is 11.8. The third-order valence-corrected chi connectivity index (χ3v) is 1.89. The highest BCUT2D eigenvalue weighted by Gasteiger charge is 2.10. The molecular weight excluding hydrogens is 190 g/mol. The molecule has 0 aliphatic rings. The van der Waals surface area contributed by atoms with E-state index in [9.17, 15) is 5.11 Å². The SMILES string of the molecule is CC[C@@H](N)c1cccc(O)c1O.Cl. The number of nitrogens with two attached hydrogens (primary N) is 1. The van der Waals surface area contributed by atoms with Crippen molar-refractivity contribution in [1.82, 2.24) is 0 Å². The van der Waals surface area contributed by atoms with Gasteiger partial charge in [0.2, 0.25) is 0 Å². The largest absolute Gasteiger partial charge is 0.504 e. The fraction of sp³-hybridized carbons (Fsp3) is 0.333. The van der Waals surface area contributed by atoms with Crippen molar-refractivity contribution in [2.24, 2.45) is 5.73 Å². The second-order valence-electron chi connectivity index (χ2n) is 2.73. The van der Waals surface area contributed by atoms with E-state index < -0.39 is 0 Å². The molecule has 0 amide bonds. The summed E-state index contributed by atoms with van der Waals surface area (Å²) in [7, 11) is 0. The molecule has 74 valence electrons. The molecule has 1 aromatic carbocycles. The molecule has 0 fully saturated rings. The summed E-state index contributed by atoms with van der Waals surface area (Å²) in [5, 5.41) is 18.5. The molecule has 0 aliphatic carbocycles. The summed E-state index contributed by atoms with van der Waals surface area (Å²) in [5.41, 5.74) is 6.29. The van der Waals surface area contributed by atoms with Gasteiger partial charge in [0.25, 0.3) is 0 Å². The van der Waals surface area contributed by atoms with Gasteiger partial charge in [-0.1, -0.05) is 19.1 Å². The number of hydrogen-bond donors (Lipinski definition) is 3. The summed E-state index contributed by atoms with van der Waals surface area (Å²) in [4.78, 5) is 0. The van der Waals surface area contributed by atoms with E-state index in [1.165, 1.54) is 6.07 Å². The fourth-order valence-corrected chi connectivity index (χ4v) is 1.07. The van der Waals surface area contributed by atoms with Gasteiger partial charge in [-0.25, -0.2) is 0 Å². The summed E-state index contributed by atoms with van der Waals surface area (Å²) in [6.45, 7) is 1.92. The summed E-state index contributed by atoms with van der Waals surface area (Å²) in [6, 6.07) is 4.60. The van der Waals surface area contributed by atoms with Crippen LogP contribution in [0.3, 0.4) is 0 Å². The minimum Gasteiger partial charge on any atom is -0.504 e. The Bertz CT molecular complexity index is 278. The van der Waals surface area contributed by atoms with Gasteiger partial charge in [-0.3, -0.25) is 0 Å². The Hall–Kier alpha value is -0.930. The molecule has 0 spiro atoms. The van der Waals surface area contributed by atoms with E-state index >= 15 is 0 Å². The number of rotatable bonds is 2. The van der Waals surface area contributed by atoms with Crippen molar-refractivity contribution in [2.45, 2.75) is 19.4 Å². The Morgan fingerprint density at radius 2 is 2.00 bits per heavy atom. The highest BCUT2D eigenvalue weighted by molar-refractivity contribution is 5.85. The van der Waals surface area contributed by atoms with E-state index in [0.717, 1.165) is 6.42 Å². The maximum atomic E-state index is 9.37. The lowest BCUT2D eigenvalue weighted by molar-refractivity contribution is 0.395. The number of hydrogen-bond acceptors (Lipinski definition) is 3. The molecule has 0 radical (unpaired) electrons. The highest BCUT2D eigenvalue weighted by atomic mass is 35.5. The zero-order valence-corrected chi connectivity index (χ0v) is 8.21. The molecule has 0 aliphatic heterocycles. The van der Waals surface area contributed by atoms with Crippen LogP contribution in [-0.4, -0.2) is 10.2 Å². The van der Waals surface area contributed by atoms with E-state index in [0.29, 0.717) is 5.56 Å². The van der Waals surface area contributed by atoms with E-state index in [1.54, 1.807) is 12.1 Å². The van der Waals surface area contributed by atoms with Crippen molar-refractivity contribution in [2.75, 3.05) is 0 Å². The number of halogens is 1. The van der Waals surface area contributed by atoms with Crippen LogP contribution < -0.4 is 5.73 Å². The van der Waals surface area contributed by atoms with Gasteiger partial charge < -0.3 is 15.9 Å².